The van der Waals surface area contributed by atoms with Crippen molar-refractivity contribution in [3.05, 3.63) is 47.5 Å². The number of ether oxygens (including phenoxy) is 2. The Kier molecular flexibility index (Phi) is 4.26. The van der Waals surface area contributed by atoms with Crippen molar-refractivity contribution >= 4 is 11.7 Å². The average Bonchev–Trinajstić information content (AvgIpc) is 3.40. The van der Waals surface area contributed by atoms with Gasteiger partial charge in [-0.2, -0.15) is 14.6 Å². The third-order valence-electron chi connectivity index (χ3n) is 5.27. The lowest BCUT2D eigenvalue weighted by Gasteiger charge is -2.32. The second-order valence-electron chi connectivity index (χ2n) is 7.04. The summed E-state index contributed by atoms with van der Waals surface area (Å²) in [6.45, 7) is 1.13. The van der Waals surface area contributed by atoms with Crippen LogP contribution in [0.5, 0.6) is 11.5 Å². The van der Waals surface area contributed by atoms with E-state index in [0.29, 0.717) is 35.8 Å². The molecule has 4 heterocycles. The number of rotatable bonds is 3. The van der Waals surface area contributed by atoms with E-state index in [9.17, 15) is 13.6 Å². The quantitative estimate of drug-likeness (QED) is 0.671. The molecule has 1 amide bonds. The molecule has 0 spiro atoms. The van der Waals surface area contributed by atoms with Crippen molar-refractivity contribution in [3.8, 4) is 11.5 Å². The Morgan fingerprint density at radius 2 is 2.07 bits per heavy atom. The van der Waals surface area contributed by atoms with E-state index in [1.54, 1.807) is 23.1 Å². The van der Waals surface area contributed by atoms with E-state index in [-0.39, 0.29) is 30.1 Å². The highest BCUT2D eigenvalue weighted by Gasteiger charge is 2.29. The van der Waals surface area contributed by atoms with Crippen molar-refractivity contribution in [2.75, 3.05) is 19.9 Å². The van der Waals surface area contributed by atoms with Crippen molar-refractivity contribution in [1.29, 1.82) is 0 Å². The lowest BCUT2D eigenvalue weighted by Crippen LogP contribution is -2.39. The molecular formula is C19H17F2N5O3. The molecule has 2 aromatic heterocycles. The number of halogens is 2. The molecule has 5 rings (SSSR count). The molecule has 2 aliphatic rings. The number of carbonyl (C=O) groups is 1. The van der Waals surface area contributed by atoms with E-state index in [2.05, 4.69) is 15.1 Å². The predicted molar refractivity (Wildman–Crippen MR) is 96.2 cm³/mol. The first-order chi connectivity index (χ1) is 14.1. The summed E-state index contributed by atoms with van der Waals surface area (Å²) in [5.41, 5.74) is 0.759. The molecule has 3 aromatic rings. The van der Waals surface area contributed by atoms with Gasteiger partial charge in [0.05, 0.1) is 5.69 Å². The number of hydrogen-bond donors (Lipinski definition) is 0. The highest BCUT2D eigenvalue weighted by molar-refractivity contribution is 5.95. The molecule has 0 bridgehead atoms. The van der Waals surface area contributed by atoms with Crippen LogP contribution in [-0.2, 0) is 0 Å². The molecule has 29 heavy (non-hydrogen) atoms. The van der Waals surface area contributed by atoms with E-state index in [1.165, 1.54) is 12.4 Å². The lowest BCUT2D eigenvalue weighted by atomic mass is 9.93. The molecule has 150 valence electrons. The van der Waals surface area contributed by atoms with Crippen molar-refractivity contribution in [1.82, 2.24) is 24.5 Å². The topological polar surface area (TPSA) is 81.9 Å². The molecule has 1 aromatic carbocycles. The summed E-state index contributed by atoms with van der Waals surface area (Å²) in [7, 11) is 0. The highest BCUT2D eigenvalue weighted by atomic mass is 19.3. The first kappa shape index (κ1) is 17.8. The van der Waals surface area contributed by atoms with Crippen molar-refractivity contribution in [2.24, 2.45) is 0 Å². The molecule has 0 N–H and O–H groups in total. The van der Waals surface area contributed by atoms with Crippen molar-refractivity contribution in [2.45, 2.75) is 25.2 Å². The second-order valence-corrected chi connectivity index (χ2v) is 7.04. The third-order valence-corrected chi connectivity index (χ3v) is 5.27. The predicted octanol–water partition coefficient (Wildman–Crippen LogP) is 2.81. The largest absolute Gasteiger partial charge is 0.454 e. The van der Waals surface area contributed by atoms with Gasteiger partial charge in [0.15, 0.2) is 11.5 Å². The Morgan fingerprint density at radius 1 is 1.21 bits per heavy atom. The van der Waals surface area contributed by atoms with Crippen LogP contribution in [0, 0.1) is 0 Å². The van der Waals surface area contributed by atoms with Crippen LogP contribution >= 0.6 is 0 Å². The number of hydrogen-bond acceptors (Lipinski definition) is 6. The van der Waals surface area contributed by atoms with E-state index in [1.807, 2.05) is 0 Å². The minimum atomic E-state index is -2.70. The van der Waals surface area contributed by atoms with Gasteiger partial charge in [-0.15, -0.1) is 0 Å². The molecule has 10 heteroatoms. The molecule has 0 radical (unpaired) electrons. The van der Waals surface area contributed by atoms with Gasteiger partial charge >= 0.3 is 0 Å². The number of amides is 1. The second kappa shape index (κ2) is 6.94. The van der Waals surface area contributed by atoms with Crippen molar-refractivity contribution < 1.29 is 23.0 Å². The lowest BCUT2D eigenvalue weighted by molar-refractivity contribution is 0.0705. The van der Waals surface area contributed by atoms with Gasteiger partial charge in [-0.25, -0.2) is 13.8 Å². The standard InChI is InChI=1S/C19H17F2N5O3/c20-17(21)14-7-13(24-19-22-9-23-26(14)19)12-2-1-5-25(8-12)18(27)11-3-4-15-16(6-11)29-10-28-15/h3-4,6-7,9,12,17H,1-2,5,8,10H2/t12-/m0/s1. The van der Waals surface area contributed by atoms with Gasteiger partial charge in [-0.05, 0) is 37.1 Å². The normalized spacial score (nSPS) is 18.6. The fourth-order valence-corrected chi connectivity index (χ4v) is 3.83. The smallest absolute Gasteiger partial charge is 0.280 e. The van der Waals surface area contributed by atoms with E-state index < -0.39 is 6.43 Å². The van der Waals surface area contributed by atoms with Crippen LogP contribution in [0.4, 0.5) is 8.78 Å². The van der Waals surface area contributed by atoms with Gasteiger partial charge in [-0.1, -0.05) is 0 Å². The van der Waals surface area contributed by atoms with Gasteiger partial charge in [0.2, 0.25) is 6.79 Å². The van der Waals surface area contributed by atoms with Gasteiger partial charge < -0.3 is 14.4 Å². The molecule has 1 fully saturated rings. The summed E-state index contributed by atoms with van der Waals surface area (Å²) in [6, 6.07) is 6.46. The van der Waals surface area contributed by atoms with Crippen LogP contribution in [0.15, 0.2) is 30.6 Å². The van der Waals surface area contributed by atoms with Gasteiger partial charge in [0.1, 0.15) is 12.0 Å². The highest BCUT2D eigenvalue weighted by Crippen LogP contribution is 2.34. The Labute approximate surface area is 164 Å². The summed E-state index contributed by atoms with van der Waals surface area (Å²) in [4.78, 5) is 23.1. The Bertz CT molecular complexity index is 1090. The van der Waals surface area contributed by atoms with Gasteiger partial charge in [0.25, 0.3) is 18.1 Å². The zero-order valence-electron chi connectivity index (χ0n) is 15.3. The van der Waals surface area contributed by atoms with E-state index in [4.69, 9.17) is 9.47 Å². The van der Waals surface area contributed by atoms with Crippen LogP contribution in [0.1, 0.15) is 46.9 Å². The van der Waals surface area contributed by atoms with E-state index >= 15 is 0 Å². The van der Waals surface area contributed by atoms with Gasteiger partial charge in [-0.3, -0.25) is 4.79 Å². The number of fused-ring (bicyclic) bond motifs is 2. The van der Waals surface area contributed by atoms with Crippen LogP contribution in [0.3, 0.4) is 0 Å². The minimum Gasteiger partial charge on any atom is -0.454 e. The number of benzene rings is 1. The number of likely N-dealkylation sites (tertiary alicyclic amines) is 1. The first-order valence-electron chi connectivity index (χ1n) is 9.28. The number of aromatic nitrogens is 4. The monoisotopic (exact) mass is 401 g/mol. The minimum absolute atomic E-state index is 0.134. The van der Waals surface area contributed by atoms with Crippen LogP contribution in [-0.4, -0.2) is 50.3 Å². The maximum atomic E-state index is 13.5. The van der Waals surface area contributed by atoms with Crippen LogP contribution in [0.25, 0.3) is 5.78 Å². The summed E-state index contributed by atoms with van der Waals surface area (Å²) >= 11 is 0. The zero-order chi connectivity index (χ0) is 20.0. The molecule has 1 saturated heterocycles. The van der Waals surface area contributed by atoms with E-state index in [0.717, 1.165) is 17.4 Å². The summed E-state index contributed by atoms with van der Waals surface area (Å²) in [5.74, 6) is 1.01. The molecule has 1 atom stereocenters. The average molecular weight is 401 g/mol. The molecule has 0 unspecified atom stereocenters. The number of piperidine rings is 1. The Hall–Kier alpha value is -3.30. The number of nitrogens with zero attached hydrogens (tertiary/aromatic N) is 5. The first-order valence-corrected chi connectivity index (χ1v) is 9.28. The number of alkyl halides is 2. The summed E-state index contributed by atoms with van der Waals surface area (Å²) < 4.78 is 38.6. The third kappa shape index (κ3) is 3.14. The fraction of sp³-hybridized carbons (Fsp3) is 0.368. The molecule has 0 aliphatic carbocycles. The molecule has 0 saturated carbocycles. The summed E-state index contributed by atoms with van der Waals surface area (Å²) in [5, 5.41) is 3.81. The SMILES string of the molecule is O=C(c1ccc2c(c1)OCO2)N1CCC[C@H](c2cc(C(F)F)n3ncnc3n2)C1. The fourth-order valence-electron chi connectivity index (χ4n) is 3.83. The maximum Gasteiger partial charge on any atom is 0.280 e. The number of carbonyl (C=O) groups excluding carboxylic acids is 1. The summed E-state index contributed by atoms with van der Waals surface area (Å²) in [6.07, 6.45) is 0.0138. The molecular weight excluding hydrogens is 384 g/mol. The maximum absolute atomic E-state index is 13.5. The van der Waals surface area contributed by atoms with Crippen LogP contribution < -0.4 is 9.47 Å². The molecule has 2 aliphatic heterocycles. The van der Waals surface area contributed by atoms with Crippen LogP contribution in [0.2, 0.25) is 0 Å². The Morgan fingerprint density at radius 3 is 2.93 bits per heavy atom. The molecule has 8 nitrogen and oxygen atoms in total. The van der Waals surface area contributed by atoms with Gasteiger partial charge in [0, 0.05) is 24.6 Å². The van der Waals surface area contributed by atoms with Crippen molar-refractivity contribution in [3.63, 3.8) is 0 Å². The zero-order valence-corrected chi connectivity index (χ0v) is 15.3. The Balaban J connectivity index is 1.41.